The Hall–Kier alpha value is -1.12. The smallest absolute Gasteiger partial charge is 0.302 e. The van der Waals surface area contributed by atoms with Gasteiger partial charge in [-0.3, -0.25) is 9.59 Å². The van der Waals surface area contributed by atoms with Crippen molar-refractivity contribution in [1.82, 2.24) is 0 Å². The molecule has 0 aliphatic heterocycles. The van der Waals surface area contributed by atoms with E-state index in [1.807, 2.05) is 6.08 Å². The van der Waals surface area contributed by atoms with E-state index in [1.54, 1.807) is 6.92 Å². The number of fused-ring (bicyclic) bond motifs is 5. The van der Waals surface area contributed by atoms with Crippen LogP contribution in [0, 0.1) is 34.5 Å². The summed E-state index contributed by atoms with van der Waals surface area (Å²) in [6, 6.07) is 0. The number of allylic oxidation sites excluding steroid dienone is 1. The fourth-order valence-corrected chi connectivity index (χ4v) is 7.33. The van der Waals surface area contributed by atoms with Crippen molar-refractivity contribution < 1.29 is 14.3 Å². The topological polar surface area (TPSA) is 43.4 Å². The van der Waals surface area contributed by atoms with E-state index in [-0.39, 0.29) is 22.9 Å². The van der Waals surface area contributed by atoms with Crippen LogP contribution < -0.4 is 0 Å². The predicted molar refractivity (Wildman–Crippen MR) is 96.8 cm³/mol. The Bertz CT molecular complexity index is 635. The van der Waals surface area contributed by atoms with Crippen LogP contribution in [0.5, 0.6) is 0 Å². The van der Waals surface area contributed by atoms with Crippen LogP contribution in [0.3, 0.4) is 0 Å². The van der Waals surface area contributed by atoms with E-state index in [1.165, 1.54) is 24.8 Å². The molecule has 4 aliphatic rings. The van der Waals surface area contributed by atoms with Gasteiger partial charge in [0.15, 0.2) is 5.78 Å². The van der Waals surface area contributed by atoms with Crippen molar-refractivity contribution >= 4 is 11.8 Å². The number of hydrogen-bond acceptors (Lipinski definition) is 3. The highest BCUT2D eigenvalue weighted by Gasteiger charge is 2.60. The van der Waals surface area contributed by atoms with Gasteiger partial charge in [0, 0.05) is 18.8 Å². The summed E-state index contributed by atoms with van der Waals surface area (Å²) < 4.78 is 5.74. The van der Waals surface area contributed by atoms with Crippen LogP contribution >= 0.6 is 0 Å². The second-order valence-corrected chi connectivity index (χ2v) is 9.72. The van der Waals surface area contributed by atoms with E-state index in [2.05, 4.69) is 20.8 Å². The van der Waals surface area contributed by atoms with Gasteiger partial charge in [0.25, 0.3) is 0 Å². The van der Waals surface area contributed by atoms with Crippen molar-refractivity contribution in [2.75, 3.05) is 0 Å². The first-order valence-electron chi connectivity index (χ1n) is 10.2. The molecule has 3 heteroatoms. The minimum Gasteiger partial charge on any atom is -0.462 e. The fraction of sp³-hybridized carbons (Fsp3) is 0.818. The van der Waals surface area contributed by atoms with Gasteiger partial charge in [-0.1, -0.05) is 26.3 Å². The molecular weight excluding hydrogens is 312 g/mol. The number of rotatable bonds is 1. The van der Waals surface area contributed by atoms with Gasteiger partial charge < -0.3 is 4.74 Å². The van der Waals surface area contributed by atoms with Gasteiger partial charge in [0.2, 0.25) is 0 Å². The monoisotopic (exact) mass is 344 g/mol. The van der Waals surface area contributed by atoms with Gasteiger partial charge in [-0.25, -0.2) is 0 Å². The quantitative estimate of drug-likeness (QED) is 0.648. The van der Waals surface area contributed by atoms with Crippen molar-refractivity contribution in [2.45, 2.75) is 78.7 Å². The Kier molecular flexibility index (Phi) is 3.94. The fourth-order valence-electron chi connectivity index (χ4n) is 7.33. The molecule has 4 aliphatic carbocycles. The third-order valence-corrected chi connectivity index (χ3v) is 8.50. The minimum absolute atomic E-state index is 0.101. The van der Waals surface area contributed by atoms with Crippen LogP contribution in [-0.2, 0) is 14.3 Å². The molecule has 0 aromatic carbocycles. The third kappa shape index (κ3) is 2.44. The number of hydrogen-bond donors (Lipinski definition) is 0. The molecule has 0 heterocycles. The first kappa shape index (κ1) is 17.3. The predicted octanol–water partition coefficient (Wildman–Crippen LogP) is 4.70. The SMILES string of the molecule is CC(=O)OC1CCC2C3CC(C)C4=CC(=O)CCC4(C)C3CCC12C. The Morgan fingerprint density at radius 2 is 1.92 bits per heavy atom. The molecule has 0 amide bonds. The van der Waals surface area contributed by atoms with Crippen molar-refractivity contribution in [3.8, 4) is 0 Å². The van der Waals surface area contributed by atoms with Gasteiger partial charge in [0.05, 0.1) is 0 Å². The molecule has 0 radical (unpaired) electrons. The minimum atomic E-state index is -0.131. The van der Waals surface area contributed by atoms with Crippen LogP contribution in [0.1, 0.15) is 72.6 Å². The number of esters is 1. The van der Waals surface area contributed by atoms with E-state index in [0.29, 0.717) is 35.9 Å². The van der Waals surface area contributed by atoms with Crippen molar-refractivity contribution in [3.63, 3.8) is 0 Å². The zero-order chi connectivity index (χ0) is 18.0. The Labute approximate surface area is 151 Å². The number of carbonyl (C=O) groups excluding carboxylic acids is 2. The third-order valence-electron chi connectivity index (χ3n) is 8.50. The van der Waals surface area contributed by atoms with E-state index < -0.39 is 0 Å². The van der Waals surface area contributed by atoms with E-state index in [9.17, 15) is 9.59 Å². The maximum atomic E-state index is 12.0. The second kappa shape index (κ2) is 5.69. The zero-order valence-corrected chi connectivity index (χ0v) is 16.1. The molecule has 3 fully saturated rings. The lowest BCUT2D eigenvalue weighted by molar-refractivity contribution is -0.157. The highest BCUT2D eigenvalue weighted by atomic mass is 16.5. The van der Waals surface area contributed by atoms with Crippen LogP contribution in [0.2, 0.25) is 0 Å². The molecular formula is C22H32O3. The molecule has 25 heavy (non-hydrogen) atoms. The van der Waals surface area contributed by atoms with E-state index in [4.69, 9.17) is 4.74 Å². The van der Waals surface area contributed by atoms with Gasteiger partial charge in [0.1, 0.15) is 6.10 Å². The maximum Gasteiger partial charge on any atom is 0.302 e. The summed E-state index contributed by atoms with van der Waals surface area (Å²) in [6.45, 7) is 8.67. The molecule has 0 spiro atoms. The Balaban J connectivity index is 1.66. The number of ketones is 1. The van der Waals surface area contributed by atoms with Gasteiger partial charge in [-0.05, 0) is 73.7 Å². The van der Waals surface area contributed by atoms with Gasteiger partial charge in [-0.15, -0.1) is 0 Å². The highest BCUT2D eigenvalue weighted by Crippen LogP contribution is 2.66. The molecule has 0 aromatic heterocycles. The molecule has 0 N–H and O–H groups in total. The lowest BCUT2D eigenvalue weighted by Gasteiger charge is -2.59. The summed E-state index contributed by atoms with van der Waals surface area (Å²) in [5.41, 5.74) is 1.79. The summed E-state index contributed by atoms with van der Waals surface area (Å²) in [4.78, 5) is 23.6. The summed E-state index contributed by atoms with van der Waals surface area (Å²) in [6.07, 6.45) is 9.62. The van der Waals surface area contributed by atoms with Gasteiger partial charge >= 0.3 is 5.97 Å². The molecule has 7 atom stereocenters. The van der Waals surface area contributed by atoms with Gasteiger partial charge in [-0.2, -0.15) is 0 Å². The molecule has 3 saturated carbocycles. The molecule has 0 saturated heterocycles. The molecule has 3 nitrogen and oxygen atoms in total. The maximum absolute atomic E-state index is 12.0. The zero-order valence-electron chi connectivity index (χ0n) is 16.1. The summed E-state index contributed by atoms with van der Waals surface area (Å²) in [7, 11) is 0. The van der Waals surface area contributed by atoms with E-state index >= 15 is 0 Å². The Morgan fingerprint density at radius 3 is 2.64 bits per heavy atom. The highest BCUT2D eigenvalue weighted by molar-refractivity contribution is 5.91. The second-order valence-electron chi connectivity index (χ2n) is 9.72. The van der Waals surface area contributed by atoms with Crippen molar-refractivity contribution in [3.05, 3.63) is 11.6 Å². The van der Waals surface area contributed by atoms with E-state index in [0.717, 1.165) is 19.3 Å². The van der Waals surface area contributed by atoms with Crippen LogP contribution in [0.25, 0.3) is 0 Å². The summed E-state index contributed by atoms with van der Waals surface area (Å²) in [5.74, 6) is 2.77. The first-order chi connectivity index (χ1) is 11.8. The Morgan fingerprint density at radius 1 is 1.16 bits per heavy atom. The summed E-state index contributed by atoms with van der Waals surface area (Å²) >= 11 is 0. The molecule has 138 valence electrons. The van der Waals surface area contributed by atoms with Crippen LogP contribution in [0.4, 0.5) is 0 Å². The van der Waals surface area contributed by atoms with Crippen LogP contribution in [-0.4, -0.2) is 17.9 Å². The molecule has 0 aromatic rings. The summed E-state index contributed by atoms with van der Waals surface area (Å²) in [5, 5.41) is 0. The van der Waals surface area contributed by atoms with Crippen LogP contribution in [0.15, 0.2) is 11.6 Å². The number of ether oxygens (including phenoxy) is 1. The normalized spacial score (nSPS) is 48.9. The largest absolute Gasteiger partial charge is 0.462 e. The molecule has 0 bridgehead atoms. The lowest BCUT2D eigenvalue weighted by atomic mass is 9.45. The number of carbonyl (C=O) groups is 2. The molecule has 4 rings (SSSR count). The standard InChI is InChI=1S/C22H32O3/c1-13-11-16-17-5-6-20(25-14(2)23)22(17,4)10-8-18(16)21(3)9-7-15(24)12-19(13)21/h12-13,16-18,20H,5-11H2,1-4H3. The average molecular weight is 344 g/mol. The first-order valence-corrected chi connectivity index (χ1v) is 10.2. The molecule has 7 unspecified atom stereocenters. The van der Waals surface area contributed by atoms with Crippen molar-refractivity contribution in [2.24, 2.45) is 34.5 Å². The van der Waals surface area contributed by atoms with Crippen molar-refractivity contribution in [1.29, 1.82) is 0 Å². The lowest BCUT2D eigenvalue weighted by Crippen LogP contribution is -2.53. The average Bonchev–Trinajstić information content (AvgIpc) is 2.86.